The van der Waals surface area contributed by atoms with Crippen LogP contribution in [0.3, 0.4) is 0 Å². The SMILES string of the molecule is CCC1(O)CCC1(C)C. The number of rotatable bonds is 1. The van der Waals surface area contributed by atoms with Crippen LogP contribution in [0.25, 0.3) is 0 Å². The van der Waals surface area contributed by atoms with Crippen molar-refractivity contribution in [2.75, 3.05) is 0 Å². The lowest BCUT2D eigenvalue weighted by atomic mass is 9.58. The molecule has 54 valence electrons. The number of hydrogen-bond acceptors (Lipinski definition) is 1. The molecule has 0 saturated heterocycles. The van der Waals surface area contributed by atoms with Crippen molar-refractivity contribution in [2.45, 2.75) is 45.6 Å². The summed E-state index contributed by atoms with van der Waals surface area (Å²) >= 11 is 0. The van der Waals surface area contributed by atoms with Crippen LogP contribution >= 0.6 is 0 Å². The molecule has 0 aromatic carbocycles. The largest absolute Gasteiger partial charge is 0.389 e. The van der Waals surface area contributed by atoms with E-state index in [1.54, 1.807) is 0 Å². The molecule has 0 radical (unpaired) electrons. The predicted octanol–water partition coefficient (Wildman–Crippen LogP) is 1.95. The number of hydrogen-bond donors (Lipinski definition) is 1. The van der Waals surface area contributed by atoms with Gasteiger partial charge >= 0.3 is 0 Å². The smallest absolute Gasteiger partial charge is 0.0696 e. The molecular weight excluding hydrogens is 112 g/mol. The second kappa shape index (κ2) is 1.72. The third kappa shape index (κ3) is 0.787. The fraction of sp³-hybridized carbons (Fsp3) is 1.00. The Hall–Kier alpha value is -0.0400. The van der Waals surface area contributed by atoms with Crippen molar-refractivity contribution in [3.8, 4) is 0 Å². The molecule has 1 fully saturated rings. The fourth-order valence-electron chi connectivity index (χ4n) is 1.57. The maximum absolute atomic E-state index is 9.75. The van der Waals surface area contributed by atoms with Crippen molar-refractivity contribution in [2.24, 2.45) is 5.41 Å². The van der Waals surface area contributed by atoms with Gasteiger partial charge in [-0.05, 0) is 24.7 Å². The van der Waals surface area contributed by atoms with E-state index in [9.17, 15) is 5.11 Å². The molecule has 0 spiro atoms. The Morgan fingerprint density at radius 3 is 1.89 bits per heavy atom. The van der Waals surface area contributed by atoms with Crippen LogP contribution in [0.2, 0.25) is 0 Å². The Morgan fingerprint density at radius 1 is 1.33 bits per heavy atom. The molecule has 1 saturated carbocycles. The first kappa shape index (κ1) is 7.07. The molecule has 0 amide bonds. The summed E-state index contributed by atoms with van der Waals surface area (Å²) in [7, 11) is 0. The minimum absolute atomic E-state index is 0.182. The summed E-state index contributed by atoms with van der Waals surface area (Å²) in [4.78, 5) is 0. The molecule has 1 rings (SSSR count). The maximum Gasteiger partial charge on any atom is 0.0696 e. The lowest BCUT2D eigenvalue weighted by Crippen LogP contribution is -2.53. The Morgan fingerprint density at radius 2 is 1.89 bits per heavy atom. The highest BCUT2D eigenvalue weighted by atomic mass is 16.3. The van der Waals surface area contributed by atoms with Crippen LogP contribution in [0.4, 0.5) is 0 Å². The first-order valence-electron chi connectivity index (χ1n) is 3.74. The predicted molar refractivity (Wildman–Crippen MR) is 38.3 cm³/mol. The highest BCUT2D eigenvalue weighted by molar-refractivity contribution is 5.01. The minimum Gasteiger partial charge on any atom is -0.389 e. The van der Waals surface area contributed by atoms with E-state index >= 15 is 0 Å². The van der Waals surface area contributed by atoms with Crippen molar-refractivity contribution in [1.82, 2.24) is 0 Å². The molecule has 1 heteroatoms. The zero-order valence-electron chi connectivity index (χ0n) is 6.57. The average Bonchev–Trinajstić information content (AvgIpc) is 1.84. The maximum atomic E-state index is 9.75. The molecule has 0 bridgehead atoms. The van der Waals surface area contributed by atoms with Gasteiger partial charge in [-0.15, -0.1) is 0 Å². The molecular formula is C8H16O. The van der Waals surface area contributed by atoms with E-state index in [1.165, 1.54) is 6.42 Å². The zero-order valence-corrected chi connectivity index (χ0v) is 6.57. The summed E-state index contributed by atoms with van der Waals surface area (Å²) < 4.78 is 0. The van der Waals surface area contributed by atoms with Crippen LogP contribution in [0, 0.1) is 5.41 Å². The van der Waals surface area contributed by atoms with Crippen LogP contribution in [0.15, 0.2) is 0 Å². The van der Waals surface area contributed by atoms with E-state index in [-0.39, 0.29) is 11.0 Å². The van der Waals surface area contributed by atoms with Crippen LogP contribution in [0.1, 0.15) is 40.0 Å². The molecule has 1 aliphatic rings. The van der Waals surface area contributed by atoms with Gasteiger partial charge in [0, 0.05) is 0 Å². The van der Waals surface area contributed by atoms with Crippen molar-refractivity contribution in [3.05, 3.63) is 0 Å². The summed E-state index contributed by atoms with van der Waals surface area (Å²) in [5.74, 6) is 0. The molecule has 9 heavy (non-hydrogen) atoms. The Kier molecular flexibility index (Phi) is 1.35. The topological polar surface area (TPSA) is 20.2 Å². The molecule has 0 aromatic heterocycles. The molecule has 0 aromatic rings. The molecule has 1 atom stereocenters. The monoisotopic (exact) mass is 128 g/mol. The van der Waals surface area contributed by atoms with Crippen LogP contribution in [-0.2, 0) is 0 Å². The van der Waals surface area contributed by atoms with Gasteiger partial charge in [0.1, 0.15) is 0 Å². The van der Waals surface area contributed by atoms with Gasteiger partial charge in [-0.2, -0.15) is 0 Å². The van der Waals surface area contributed by atoms with Crippen LogP contribution in [-0.4, -0.2) is 10.7 Å². The van der Waals surface area contributed by atoms with E-state index < -0.39 is 0 Å². The quantitative estimate of drug-likeness (QED) is 0.572. The standard InChI is InChI=1S/C8H16O/c1-4-8(9)6-5-7(8,2)3/h9H,4-6H2,1-3H3. The number of aliphatic hydroxyl groups is 1. The van der Waals surface area contributed by atoms with Gasteiger partial charge in [-0.3, -0.25) is 0 Å². The highest BCUT2D eigenvalue weighted by Crippen LogP contribution is 2.50. The van der Waals surface area contributed by atoms with Gasteiger partial charge in [0.15, 0.2) is 0 Å². The molecule has 0 heterocycles. The molecule has 0 aliphatic heterocycles. The van der Waals surface area contributed by atoms with Crippen molar-refractivity contribution in [1.29, 1.82) is 0 Å². The summed E-state index contributed by atoms with van der Waals surface area (Å²) in [5.41, 5.74) is -0.158. The summed E-state index contributed by atoms with van der Waals surface area (Å²) in [6, 6.07) is 0. The lowest BCUT2D eigenvalue weighted by Gasteiger charge is -2.52. The van der Waals surface area contributed by atoms with Gasteiger partial charge in [-0.25, -0.2) is 0 Å². The van der Waals surface area contributed by atoms with Gasteiger partial charge in [-0.1, -0.05) is 20.8 Å². The summed E-state index contributed by atoms with van der Waals surface area (Å²) in [6.07, 6.45) is 3.08. The minimum atomic E-state index is -0.340. The van der Waals surface area contributed by atoms with Crippen molar-refractivity contribution < 1.29 is 5.11 Å². The van der Waals surface area contributed by atoms with Crippen LogP contribution < -0.4 is 0 Å². The molecule has 1 nitrogen and oxygen atoms in total. The Balaban J connectivity index is 2.62. The summed E-state index contributed by atoms with van der Waals surface area (Å²) in [6.45, 7) is 6.33. The second-order valence-corrected chi connectivity index (χ2v) is 3.77. The van der Waals surface area contributed by atoms with E-state index in [1.807, 2.05) is 0 Å². The van der Waals surface area contributed by atoms with E-state index in [2.05, 4.69) is 20.8 Å². The van der Waals surface area contributed by atoms with Crippen molar-refractivity contribution in [3.63, 3.8) is 0 Å². The average molecular weight is 128 g/mol. The Labute approximate surface area is 57.1 Å². The van der Waals surface area contributed by atoms with Gasteiger partial charge in [0.05, 0.1) is 5.60 Å². The van der Waals surface area contributed by atoms with Crippen molar-refractivity contribution >= 4 is 0 Å². The fourth-order valence-corrected chi connectivity index (χ4v) is 1.57. The van der Waals surface area contributed by atoms with Gasteiger partial charge in [0.2, 0.25) is 0 Å². The molecule has 1 N–H and O–H groups in total. The summed E-state index contributed by atoms with van der Waals surface area (Å²) in [5, 5.41) is 9.75. The highest BCUT2D eigenvalue weighted by Gasteiger charge is 2.49. The zero-order chi connectivity index (χ0) is 7.12. The van der Waals surface area contributed by atoms with E-state index in [0.717, 1.165) is 12.8 Å². The van der Waals surface area contributed by atoms with Crippen LogP contribution in [0.5, 0.6) is 0 Å². The third-order valence-electron chi connectivity index (χ3n) is 3.01. The van der Waals surface area contributed by atoms with Gasteiger partial charge in [0.25, 0.3) is 0 Å². The normalized spacial score (nSPS) is 40.0. The molecule has 1 aliphatic carbocycles. The van der Waals surface area contributed by atoms with E-state index in [4.69, 9.17) is 0 Å². The first-order valence-corrected chi connectivity index (χ1v) is 3.74. The van der Waals surface area contributed by atoms with Gasteiger partial charge < -0.3 is 5.11 Å². The molecule has 1 unspecified atom stereocenters. The first-order chi connectivity index (χ1) is 4.02. The lowest BCUT2D eigenvalue weighted by molar-refractivity contribution is -0.149. The third-order valence-corrected chi connectivity index (χ3v) is 3.01. The Bertz CT molecular complexity index is 114. The second-order valence-electron chi connectivity index (χ2n) is 3.77. The van der Waals surface area contributed by atoms with E-state index in [0.29, 0.717) is 0 Å².